The molecule has 1 aromatic heterocycles. The van der Waals surface area contributed by atoms with E-state index in [1.807, 2.05) is 23.6 Å². The number of carbonyl (C=O) groups excluding carboxylic acids is 1. The Balaban J connectivity index is 0.000000218. The maximum atomic E-state index is 8.81. The predicted molar refractivity (Wildman–Crippen MR) is 45.4 cm³/mol. The lowest BCUT2D eigenvalue weighted by Gasteiger charge is -1.71. The van der Waals surface area contributed by atoms with Crippen LogP contribution in [-0.2, 0) is 4.79 Å². The smallest absolute Gasteiger partial charge is 0.230 e. The van der Waals surface area contributed by atoms with Crippen molar-refractivity contribution in [3.8, 4) is 0 Å². The molecule has 1 amide bonds. The first-order chi connectivity index (χ1) is 5.35. The van der Waals surface area contributed by atoms with Gasteiger partial charge in [0, 0.05) is 4.88 Å². The van der Waals surface area contributed by atoms with Gasteiger partial charge < -0.3 is 0 Å². The van der Waals surface area contributed by atoms with Crippen molar-refractivity contribution in [2.75, 3.05) is 0 Å². The van der Waals surface area contributed by atoms with E-state index in [1.54, 1.807) is 11.3 Å². The van der Waals surface area contributed by atoms with Crippen LogP contribution >= 0.6 is 11.3 Å². The molecule has 0 fully saturated rings. The highest BCUT2D eigenvalue weighted by Crippen LogP contribution is 2.07. The molecule has 0 spiro atoms. The number of hydroxylamine groups is 1. The Morgan fingerprint density at radius 2 is 2.36 bits per heavy atom. The van der Waals surface area contributed by atoms with Gasteiger partial charge in [-0.1, -0.05) is 18.7 Å². The number of nitrogens with one attached hydrogen (secondary N) is 1. The van der Waals surface area contributed by atoms with Crippen molar-refractivity contribution in [2.24, 2.45) is 0 Å². The van der Waals surface area contributed by atoms with E-state index in [4.69, 9.17) is 10.0 Å². The topological polar surface area (TPSA) is 49.3 Å². The zero-order chi connectivity index (χ0) is 8.53. The fraction of sp³-hybridized carbons (Fsp3) is 0. The Labute approximate surface area is 68.9 Å². The van der Waals surface area contributed by atoms with Gasteiger partial charge in [0.1, 0.15) is 0 Å². The van der Waals surface area contributed by atoms with Crippen molar-refractivity contribution < 1.29 is 10.0 Å². The SMILES string of the molecule is C=Cc1cccs1.O=CNO. The summed E-state index contributed by atoms with van der Waals surface area (Å²) in [5.41, 5.74) is 1.25. The van der Waals surface area contributed by atoms with Gasteiger partial charge in [0.15, 0.2) is 0 Å². The number of amides is 1. The Bertz CT molecular complexity index is 196. The quantitative estimate of drug-likeness (QED) is 0.402. The van der Waals surface area contributed by atoms with Crippen molar-refractivity contribution in [2.45, 2.75) is 0 Å². The summed E-state index contributed by atoms with van der Waals surface area (Å²) in [7, 11) is 0. The van der Waals surface area contributed by atoms with Gasteiger partial charge in [0.2, 0.25) is 6.41 Å². The molecule has 11 heavy (non-hydrogen) atoms. The van der Waals surface area contributed by atoms with Gasteiger partial charge in [-0.2, -0.15) is 0 Å². The van der Waals surface area contributed by atoms with Crippen LogP contribution in [0.2, 0.25) is 0 Å². The summed E-state index contributed by atoms with van der Waals surface area (Å²) in [5, 5.41) is 9.30. The minimum Gasteiger partial charge on any atom is -0.289 e. The number of rotatable bonds is 2. The maximum Gasteiger partial charge on any atom is 0.230 e. The second-order valence-corrected chi connectivity index (χ2v) is 2.45. The minimum atomic E-state index is 0.181. The molecular weight excluding hydrogens is 162 g/mol. The molecule has 1 rings (SSSR count). The molecule has 0 aliphatic heterocycles. The summed E-state index contributed by atoms with van der Waals surface area (Å²) in [5.74, 6) is 0. The number of hydrogen-bond donors (Lipinski definition) is 2. The average Bonchev–Trinajstić information content (AvgIpc) is 2.56. The Morgan fingerprint density at radius 1 is 1.73 bits per heavy atom. The Hall–Kier alpha value is -1.13. The zero-order valence-corrected chi connectivity index (χ0v) is 6.67. The standard InChI is InChI=1S/C6H6S.CH3NO2/c1-2-6-4-3-5-7-6;3-1-2-4/h2-5H,1H2;1,4H,(H,2,3). The second kappa shape index (κ2) is 6.98. The third-order valence-corrected chi connectivity index (χ3v) is 1.67. The fourth-order valence-corrected chi connectivity index (χ4v) is 0.975. The fourth-order valence-electron chi connectivity index (χ4n) is 0.407. The van der Waals surface area contributed by atoms with E-state index < -0.39 is 0 Å². The molecule has 0 saturated heterocycles. The summed E-state index contributed by atoms with van der Waals surface area (Å²) >= 11 is 1.70. The lowest BCUT2D eigenvalue weighted by molar-refractivity contribution is -0.116. The molecule has 0 saturated carbocycles. The molecule has 0 aliphatic carbocycles. The highest BCUT2D eigenvalue weighted by atomic mass is 32.1. The lowest BCUT2D eigenvalue weighted by atomic mass is 10.5. The highest BCUT2D eigenvalue weighted by Gasteiger charge is 1.78. The Morgan fingerprint density at radius 3 is 2.55 bits per heavy atom. The minimum absolute atomic E-state index is 0.181. The summed E-state index contributed by atoms with van der Waals surface area (Å²) in [6.07, 6.45) is 2.03. The van der Waals surface area contributed by atoms with Crippen molar-refractivity contribution in [1.82, 2.24) is 5.48 Å². The van der Waals surface area contributed by atoms with E-state index in [1.165, 1.54) is 10.4 Å². The molecule has 4 heteroatoms. The van der Waals surface area contributed by atoms with Crippen LogP contribution in [0.4, 0.5) is 0 Å². The van der Waals surface area contributed by atoms with Crippen LogP contribution in [0.5, 0.6) is 0 Å². The third-order valence-electron chi connectivity index (χ3n) is 0.797. The summed E-state index contributed by atoms with van der Waals surface area (Å²) < 4.78 is 0. The average molecular weight is 171 g/mol. The third kappa shape index (κ3) is 5.32. The molecule has 0 aromatic carbocycles. The van der Waals surface area contributed by atoms with Crippen LogP contribution in [0.15, 0.2) is 24.1 Å². The molecule has 1 aromatic rings. The first kappa shape index (κ1) is 9.87. The van der Waals surface area contributed by atoms with E-state index in [0.29, 0.717) is 0 Å². The van der Waals surface area contributed by atoms with Gasteiger partial charge in [-0.3, -0.25) is 10.0 Å². The van der Waals surface area contributed by atoms with Crippen LogP contribution in [0.25, 0.3) is 6.08 Å². The Kier molecular flexibility index (Phi) is 6.27. The molecule has 3 nitrogen and oxygen atoms in total. The van der Waals surface area contributed by atoms with Crippen LogP contribution in [0.1, 0.15) is 4.88 Å². The highest BCUT2D eigenvalue weighted by molar-refractivity contribution is 7.10. The van der Waals surface area contributed by atoms with E-state index in [0.717, 1.165) is 0 Å². The predicted octanol–water partition coefficient (Wildman–Crippen LogP) is 1.51. The zero-order valence-electron chi connectivity index (χ0n) is 5.86. The van der Waals surface area contributed by atoms with Gasteiger partial charge in [0.05, 0.1) is 0 Å². The van der Waals surface area contributed by atoms with Crippen molar-refractivity contribution >= 4 is 23.8 Å². The van der Waals surface area contributed by atoms with Gasteiger partial charge in [-0.05, 0) is 11.4 Å². The molecule has 0 atom stereocenters. The van der Waals surface area contributed by atoms with Crippen LogP contribution in [0.3, 0.4) is 0 Å². The van der Waals surface area contributed by atoms with Gasteiger partial charge in [-0.25, -0.2) is 5.48 Å². The molecule has 1 heterocycles. The van der Waals surface area contributed by atoms with Gasteiger partial charge >= 0.3 is 0 Å². The van der Waals surface area contributed by atoms with Gasteiger partial charge in [-0.15, -0.1) is 11.3 Å². The molecular formula is C7H9NO2S. The van der Waals surface area contributed by atoms with Gasteiger partial charge in [0.25, 0.3) is 0 Å². The monoisotopic (exact) mass is 171 g/mol. The van der Waals surface area contributed by atoms with E-state index in [-0.39, 0.29) is 6.41 Å². The first-order valence-electron chi connectivity index (χ1n) is 2.84. The van der Waals surface area contributed by atoms with Crippen LogP contribution in [-0.4, -0.2) is 11.6 Å². The molecule has 0 aliphatic rings. The van der Waals surface area contributed by atoms with Crippen LogP contribution < -0.4 is 5.48 Å². The summed E-state index contributed by atoms with van der Waals surface area (Å²) in [4.78, 5) is 10.0. The maximum absolute atomic E-state index is 8.81. The van der Waals surface area contributed by atoms with E-state index in [9.17, 15) is 0 Å². The molecule has 0 bridgehead atoms. The molecule has 0 radical (unpaired) electrons. The van der Waals surface area contributed by atoms with Crippen molar-refractivity contribution in [3.63, 3.8) is 0 Å². The summed E-state index contributed by atoms with van der Waals surface area (Å²) in [6, 6.07) is 4.05. The van der Waals surface area contributed by atoms with Crippen molar-refractivity contribution in [1.29, 1.82) is 0 Å². The van der Waals surface area contributed by atoms with Crippen LogP contribution in [0, 0.1) is 0 Å². The van der Waals surface area contributed by atoms with Crippen molar-refractivity contribution in [3.05, 3.63) is 29.0 Å². The first-order valence-corrected chi connectivity index (χ1v) is 3.72. The number of carbonyl (C=O) groups is 1. The summed E-state index contributed by atoms with van der Waals surface area (Å²) in [6.45, 7) is 3.61. The van der Waals surface area contributed by atoms with E-state index >= 15 is 0 Å². The normalized spacial score (nSPS) is 7.36. The largest absolute Gasteiger partial charge is 0.289 e. The number of hydrogen-bond acceptors (Lipinski definition) is 3. The molecule has 2 N–H and O–H groups in total. The number of thiophene rings is 1. The lowest BCUT2D eigenvalue weighted by Crippen LogP contribution is -1.99. The molecule has 60 valence electrons. The molecule has 0 unspecified atom stereocenters. The second-order valence-electron chi connectivity index (χ2n) is 1.47. The van der Waals surface area contributed by atoms with E-state index in [2.05, 4.69) is 6.58 Å².